The lowest BCUT2D eigenvalue weighted by Crippen LogP contribution is -2.49. The highest BCUT2D eigenvalue weighted by atomic mass is 35.5. The molecule has 4 rings (SSSR count). The number of amides is 1. The number of anilines is 2. The summed E-state index contributed by atoms with van der Waals surface area (Å²) in [4.78, 5) is 35.4. The van der Waals surface area contributed by atoms with Crippen LogP contribution < -0.4 is 15.8 Å². The Morgan fingerprint density at radius 1 is 1.08 bits per heavy atom. The van der Waals surface area contributed by atoms with Crippen LogP contribution in [0.5, 0.6) is 0 Å². The molecule has 0 saturated carbocycles. The van der Waals surface area contributed by atoms with Crippen molar-refractivity contribution < 1.29 is 31.1 Å². The van der Waals surface area contributed by atoms with E-state index < -0.39 is 40.8 Å². The second-order valence-electron chi connectivity index (χ2n) is 8.78. The summed E-state index contributed by atoms with van der Waals surface area (Å²) < 4.78 is 79.5. The van der Waals surface area contributed by atoms with E-state index >= 15 is 0 Å². The van der Waals surface area contributed by atoms with E-state index in [2.05, 4.69) is 20.4 Å². The summed E-state index contributed by atoms with van der Waals surface area (Å²) in [6, 6.07) is 0.785. The van der Waals surface area contributed by atoms with Gasteiger partial charge in [0.05, 0.1) is 23.0 Å². The summed E-state index contributed by atoms with van der Waals surface area (Å²) in [6.45, 7) is 2.72. The summed E-state index contributed by atoms with van der Waals surface area (Å²) in [6.07, 6.45) is -5.70. The van der Waals surface area contributed by atoms with Crippen molar-refractivity contribution in [2.45, 2.75) is 31.9 Å². The molecule has 210 valence electrons. The molecule has 2 N–H and O–H groups in total. The van der Waals surface area contributed by atoms with E-state index in [4.69, 9.17) is 11.6 Å². The van der Waals surface area contributed by atoms with E-state index in [1.807, 2.05) is 0 Å². The van der Waals surface area contributed by atoms with Crippen molar-refractivity contribution in [3.63, 3.8) is 0 Å². The average molecular weight is 579 g/mol. The number of H-pyrrole nitrogens is 1. The number of aromatic nitrogens is 5. The van der Waals surface area contributed by atoms with Crippen LogP contribution in [0.1, 0.15) is 28.4 Å². The zero-order chi connectivity index (χ0) is 28.5. The molecular weight excluding hydrogens is 558 g/mol. The second kappa shape index (κ2) is 10.7. The normalized spacial score (nSPS) is 15.4. The monoisotopic (exact) mass is 578 g/mol. The standard InChI is InChI=1S/C22H21ClF6N8O2/c1-12(33-15-9-32-34-18(38)17(15)22(27,28)29)10-37-11-13(6-16(37)23)19(39)35-2-4-36(5-3-35)20-30-7-14(8-31-20)21(24,25)26/h6-9,11-12H,2-5,10H2,1H3,(H2,33,34,38). The van der Waals surface area contributed by atoms with Crippen LogP contribution in [0.25, 0.3) is 0 Å². The second-order valence-corrected chi connectivity index (χ2v) is 9.17. The van der Waals surface area contributed by atoms with Gasteiger partial charge in [-0.2, -0.15) is 31.4 Å². The lowest BCUT2D eigenvalue weighted by atomic mass is 10.2. The van der Waals surface area contributed by atoms with E-state index in [9.17, 15) is 35.9 Å². The van der Waals surface area contributed by atoms with E-state index in [1.54, 1.807) is 16.9 Å². The van der Waals surface area contributed by atoms with Gasteiger partial charge in [-0.15, -0.1) is 0 Å². The Labute approximate surface area is 221 Å². The van der Waals surface area contributed by atoms with Gasteiger partial charge in [0, 0.05) is 57.4 Å². The summed E-state index contributed by atoms with van der Waals surface area (Å²) in [5.74, 6) is -0.225. The van der Waals surface area contributed by atoms with Crippen molar-refractivity contribution in [1.82, 2.24) is 29.6 Å². The first-order valence-electron chi connectivity index (χ1n) is 11.4. The third-order valence-corrected chi connectivity index (χ3v) is 6.24. The van der Waals surface area contributed by atoms with Crippen LogP contribution in [0.4, 0.5) is 38.0 Å². The van der Waals surface area contributed by atoms with Crippen molar-refractivity contribution in [1.29, 1.82) is 0 Å². The van der Waals surface area contributed by atoms with Gasteiger partial charge in [-0.25, -0.2) is 15.1 Å². The summed E-state index contributed by atoms with van der Waals surface area (Å²) in [5.41, 5.74) is -3.98. The Morgan fingerprint density at radius 3 is 2.31 bits per heavy atom. The number of nitrogens with zero attached hydrogens (tertiary/aromatic N) is 6. The topological polar surface area (TPSA) is 112 Å². The SMILES string of the molecule is CC(Cn1cc(C(=O)N2CCN(c3ncc(C(F)(F)F)cn3)CC2)cc1Cl)Nc1cn[nH]c(=O)c1C(F)(F)F. The first kappa shape index (κ1) is 28.2. The van der Waals surface area contributed by atoms with Gasteiger partial charge in [0.25, 0.3) is 11.5 Å². The quantitative estimate of drug-likeness (QED) is 0.431. The molecule has 0 aliphatic carbocycles. The molecule has 1 amide bonds. The Kier molecular flexibility index (Phi) is 7.77. The van der Waals surface area contributed by atoms with Crippen molar-refractivity contribution in [2.75, 3.05) is 36.4 Å². The van der Waals surface area contributed by atoms with Gasteiger partial charge in [0.15, 0.2) is 0 Å². The van der Waals surface area contributed by atoms with Gasteiger partial charge in [0.2, 0.25) is 5.95 Å². The van der Waals surface area contributed by atoms with Crippen molar-refractivity contribution in [3.8, 4) is 0 Å². The number of halogens is 7. The highest BCUT2D eigenvalue weighted by molar-refractivity contribution is 6.30. The fraction of sp³-hybridized carbons (Fsp3) is 0.409. The Balaban J connectivity index is 1.37. The Bertz CT molecular complexity index is 1380. The molecule has 3 aromatic heterocycles. The molecule has 4 heterocycles. The molecule has 17 heteroatoms. The van der Waals surface area contributed by atoms with Gasteiger partial charge in [-0.05, 0) is 13.0 Å². The Morgan fingerprint density at radius 2 is 1.72 bits per heavy atom. The molecule has 1 fully saturated rings. The van der Waals surface area contributed by atoms with E-state index in [0.29, 0.717) is 12.4 Å². The molecule has 0 radical (unpaired) electrons. The highest BCUT2D eigenvalue weighted by Crippen LogP contribution is 2.32. The maximum Gasteiger partial charge on any atom is 0.423 e. The van der Waals surface area contributed by atoms with E-state index in [1.165, 1.54) is 21.7 Å². The van der Waals surface area contributed by atoms with Gasteiger partial charge >= 0.3 is 12.4 Å². The van der Waals surface area contributed by atoms with Gasteiger partial charge < -0.3 is 19.7 Å². The largest absolute Gasteiger partial charge is 0.423 e. The average Bonchev–Trinajstić information content (AvgIpc) is 3.22. The zero-order valence-electron chi connectivity index (χ0n) is 20.1. The number of carbonyl (C=O) groups is 1. The van der Waals surface area contributed by atoms with E-state index in [-0.39, 0.29) is 55.3 Å². The first-order valence-corrected chi connectivity index (χ1v) is 11.8. The number of piperazine rings is 1. The molecule has 1 aliphatic rings. The first-order chi connectivity index (χ1) is 18.2. The van der Waals surface area contributed by atoms with Crippen LogP contribution in [0.15, 0.2) is 35.6 Å². The number of hydrogen-bond donors (Lipinski definition) is 2. The minimum atomic E-state index is -4.90. The van der Waals surface area contributed by atoms with Crippen molar-refractivity contribution in [2.24, 2.45) is 0 Å². The van der Waals surface area contributed by atoms with Crippen molar-refractivity contribution in [3.05, 3.63) is 63.1 Å². The summed E-state index contributed by atoms with van der Waals surface area (Å²) >= 11 is 6.26. The molecule has 1 unspecified atom stereocenters. The minimum Gasteiger partial charge on any atom is -0.379 e. The van der Waals surface area contributed by atoms with Crippen LogP contribution in [0.3, 0.4) is 0 Å². The molecule has 0 bridgehead atoms. The van der Waals surface area contributed by atoms with Gasteiger partial charge in [0.1, 0.15) is 10.7 Å². The zero-order valence-corrected chi connectivity index (χ0v) is 20.9. The van der Waals surface area contributed by atoms with Crippen LogP contribution in [-0.2, 0) is 18.9 Å². The fourth-order valence-electron chi connectivity index (χ4n) is 4.05. The fourth-order valence-corrected chi connectivity index (χ4v) is 4.29. The highest BCUT2D eigenvalue weighted by Gasteiger charge is 2.37. The third-order valence-electron chi connectivity index (χ3n) is 5.92. The number of carbonyl (C=O) groups excluding carboxylic acids is 1. The number of aromatic amines is 1. The smallest absolute Gasteiger partial charge is 0.379 e. The predicted molar refractivity (Wildman–Crippen MR) is 128 cm³/mol. The van der Waals surface area contributed by atoms with Gasteiger partial charge in [-0.1, -0.05) is 11.6 Å². The molecule has 0 aromatic carbocycles. The number of rotatable bonds is 6. The molecule has 0 spiro atoms. The van der Waals surface area contributed by atoms with Gasteiger partial charge in [-0.3, -0.25) is 9.59 Å². The lowest BCUT2D eigenvalue weighted by Gasteiger charge is -2.34. The lowest BCUT2D eigenvalue weighted by molar-refractivity contribution is -0.139. The van der Waals surface area contributed by atoms with E-state index in [0.717, 1.165) is 6.20 Å². The third kappa shape index (κ3) is 6.43. The molecule has 1 aliphatic heterocycles. The molecule has 1 saturated heterocycles. The molecule has 1 atom stereocenters. The molecule has 39 heavy (non-hydrogen) atoms. The minimum absolute atomic E-state index is 0.0647. The van der Waals surface area contributed by atoms with Crippen LogP contribution in [0, 0.1) is 0 Å². The number of nitrogens with one attached hydrogen (secondary N) is 2. The number of alkyl halides is 6. The molecule has 3 aromatic rings. The number of hydrogen-bond acceptors (Lipinski definition) is 7. The molecule has 10 nitrogen and oxygen atoms in total. The maximum absolute atomic E-state index is 13.3. The maximum atomic E-state index is 13.3. The predicted octanol–water partition coefficient (Wildman–Crippen LogP) is 3.52. The molecular formula is C22H21ClF6N8O2. The summed E-state index contributed by atoms with van der Waals surface area (Å²) in [7, 11) is 0. The van der Waals surface area contributed by atoms with Crippen LogP contribution in [-0.4, -0.2) is 67.8 Å². The van der Waals surface area contributed by atoms with Crippen LogP contribution >= 0.6 is 11.6 Å². The summed E-state index contributed by atoms with van der Waals surface area (Å²) in [5, 5.41) is 7.95. The van der Waals surface area contributed by atoms with Crippen molar-refractivity contribution >= 4 is 29.1 Å². The van der Waals surface area contributed by atoms with Crippen LogP contribution in [0.2, 0.25) is 5.15 Å². The Hall–Kier alpha value is -3.82.